The van der Waals surface area contributed by atoms with Gasteiger partial charge in [-0.05, 0) is 57.5 Å². The van der Waals surface area contributed by atoms with Crippen LogP contribution >= 0.6 is 11.6 Å². The van der Waals surface area contributed by atoms with Crippen LogP contribution in [0.4, 0.5) is 0 Å². The predicted octanol–water partition coefficient (Wildman–Crippen LogP) is 3.47. The largest absolute Gasteiger partial charge is 0.335 e. The van der Waals surface area contributed by atoms with E-state index in [1.165, 1.54) is 0 Å². The van der Waals surface area contributed by atoms with Gasteiger partial charge in [-0.2, -0.15) is 0 Å². The van der Waals surface area contributed by atoms with Crippen LogP contribution in [0.3, 0.4) is 0 Å². The van der Waals surface area contributed by atoms with E-state index >= 15 is 0 Å². The van der Waals surface area contributed by atoms with Crippen molar-refractivity contribution in [3.8, 4) is 0 Å². The fourth-order valence-corrected chi connectivity index (χ4v) is 3.07. The lowest BCUT2D eigenvalue weighted by Crippen LogP contribution is -2.49. The van der Waals surface area contributed by atoms with Crippen molar-refractivity contribution in [2.75, 3.05) is 13.1 Å². The van der Waals surface area contributed by atoms with Gasteiger partial charge in [0.2, 0.25) is 5.91 Å². The Morgan fingerprint density at radius 2 is 2.05 bits per heavy atom. The maximum Gasteiger partial charge on any atom is 0.229 e. The smallest absolute Gasteiger partial charge is 0.229 e. The molecule has 1 N–H and O–H groups in total. The molecule has 116 valence electrons. The van der Waals surface area contributed by atoms with Crippen molar-refractivity contribution in [1.82, 2.24) is 10.2 Å². The van der Waals surface area contributed by atoms with E-state index in [1.807, 2.05) is 29.2 Å². The standard InChI is InChI=1S/C17H25ClN2O/c1-13(2)20(12-14-5-4-6-15(18)11-14)16(21)17(3)7-9-19-10-8-17/h4-6,11,13,19H,7-10,12H2,1-3H3. The first-order valence-corrected chi connectivity index (χ1v) is 8.06. The molecule has 0 spiro atoms. The van der Waals surface area contributed by atoms with Gasteiger partial charge in [-0.15, -0.1) is 0 Å². The highest BCUT2D eigenvalue weighted by Gasteiger charge is 2.38. The molecular weight excluding hydrogens is 284 g/mol. The second-order valence-corrected chi connectivity index (χ2v) is 6.90. The number of rotatable bonds is 4. The summed E-state index contributed by atoms with van der Waals surface area (Å²) in [5.41, 5.74) is 0.843. The third-order valence-corrected chi connectivity index (χ3v) is 4.58. The third-order valence-electron chi connectivity index (χ3n) is 4.35. The molecule has 0 atom stereocenters. The van der Waals surface area contributed by atoms with Gasteiger partial charge in [0.25, 0.3) is 0 Å². The Balaban J connectivity index is 2.16. The van der Waals surface area contributed by atoms with Gasteiger partial charge >= 0.3 is 0 Å². The van der Waals surface area contributed by atoms with Crippen molar-refractivity contribution in [2.45, 2.75) is 46.2 Å². The molecule has 0 radical (unpaired) electrons. The quantitative estimate of drug-likeness (QED) is 0.924. The van der Waals surface area contributed by atoms with Crippen molar-refractivity contribution < 1.29 is 4.79 Å². The molecule has 1 aromatic rings. The van der Waals surface area contributed by atoms with Crippen LogP contribution in [0, 0.1) is 5.41 Å². The number of halogens is 1. The molecule has 0 unspecified atom stereocenters. The first-order valence-electron chi connectivity index (χ1n) is 7.68. The molecule has 0 saturated carbocycles. The summed E-state index contributed by atoms with van der Waals surface area (Å²) in [6.45, 7) is 8.72. The number of carbonyl (C=O) groups is 1. The van der Waals surface area contributed by atoms with Gasteiger partial charge in [0.15, 0.2) is 0 Å². The van der Waals surface area contributed by atoms with E-state index in [0.29, 0.717) is 6.54 Å². The van der Waals surface area contributed by atoms with E-state index in [2.05, 4.69) is 26.1 Å². The summed E-state index contributed by atoms with van der Waals surface area (Å²) in [5, 5.41) is 4.05. The number of nitrogens with one attached hydrogen (secondary N) is 1. The summed E-state index contributed by atoms with van der Waals surface area (Å²) in [4.78, 5) is 15.0. The zero-order valence-corrected chi connectivity index (χ0v) is 13.9. The van der Waals surface area contributed by atoms with Crippen molar-refractivity contribution >= 4 is 17.5 Å². The number of hydrogen-bond donors (Lipinski definition) is 1. The first-order chi connectivity index (χ1) is 9.92. The van der Waals surface area contributed by atoms with E-state index < -0.39 is 0 Å². The second kappa shape index (κ2) is 6.80. The van der Waals surface area contributed by atoms with E-state index in [1.54, 1.807) is 0 Å². The maximum absolute atomic E-state index is 13.0. The number of piperidine rings is 1. The lowest BCUT2D eigenvalue weighted by atomic mass is 9.79. The molecule has 1 amide bonds. The number of amides is 1. The SMILES string of the molecule is CC(C)N(Cc1cccc(Cl)c1)C(=O)C1(C)CCNCC1. The zero-order chi connectivity index (χ0) is 15.5. The monoisotopic (exact) mass is 308 g/mol. The van der Waals surface area contributed by atoms with Crippen molar-refractivity contribution in [3.05, 3.63) is 34.9 Å². The number of hydrogen-bond acceptors (Lipinski definition) is 2. The molecular formula is C17H25ClN2O. The van der Waals surface area contributed by atoms with Crippen LogP contribution in [0.25, 0.3) is 0 Å². The Kier molecular flexibility index (Phi) is 5.28. The van der Waals surface area contributed by atoms with Crippen LogP contribution in [0.1, 0.15) is 39.2 Å². The van der Waals surface area contributed by atoms with Gasteiger partial charge in [0.1, 0.15) is 0 Å². The summed E-state index contributed by atoms with van der Waals surface area (Å²) in [5.74, 6) is 0.263. The van der Waals surface area contributed by atoms with E-state index in [4.69, 9.17) is 11.6 Å². The van der Waals surface area contributed by atoms with E-state index in [9.17, 15) is 4.79 Å². The van der Waals surface area contributed by atoms with Crippen LogP contribution in [-0.2, 0) is 11.3 Å². The van der Waals surface area contributed by atoms with E-state index in [-0.39, 0.29) is 17.4 Å². The zero-order valence-electron chi connectivity index (χ0n) is 13.2. The van der Waals surface area contributed by atoms with Crippen LogP contribution in [0.15, 0.2) is 24.3 Å². The number of carbonyl (C=O) groups excluding carboxylic acids is 1. The summed E-state index contributed by atoms with van der Waals surface area (Å²) in [7, 11) is 0. The van der Waals surface area contributed by atoms with E-state index in [0.717, 1.165) is 36.5 Å². The lowest BCUT2D eigenvalue weighted by molar-refractivity contribution is -0.145. The Morgan fingerprint density at radius 3 is 2.62 bits per heavy atom. The van der Waals surface area contributed by atoms with Crippen LogP contribution < -0.4 is 5.32 Å². The highest BCUT2D eigenvalue weighted by molar-refractivity contribution is 6.30. The summed E-state index contributed by atoms with van der Waals surface area (Å²) >= 11 is 6.05. The molecule has 1 aliphatic rings. The predicted molar refractivity (Wildman–Crippen MR) is 87.3 cm³/mol. The van der Waals surface area contributed by atoms with Gasteiger partial charge < -0.3 is 10.2 Å². The average molecular weight is 309 g/mol. The lowest BCUT2D eigenvalue weighted by Gasteiger charge is -2.39. The van der Waals surface area contributed by atoms with Crippen LogP contribution in [0.2, 0.25) is 5.02 Å². The summed E-state index contributed by atoms with van der Waals surface area (Å²) < 4.78 is 0. The molecule has 1 saturated heterocycles. The van der Waals surface area contributed by atoms with Crippen LogP contribution in [-0.4, -0.2) is 29.9 Å². The molecule has 4 heteroatoms. The second-order valence-electron chi connectivity index (χ2n) is 6.47. The molecule has 1 aromatic carbocycles. The van der Waals surface area contributed by atoms with Gasteiger partial charge in [-0.1, -0.05) is 30.7 Å². The number of nitrogens with zero attached hydrogens (tertiary/aromatic N) is 1. The fourth-order valence-electron chi connectivity index (χ4n) is 2.86. The highest BCUT2D eigenvalue weighted by atomic mass is 35.5. The van der Waals surface area contributed by atoms with Gasteiger partial charge in [0, 0.05) is 23.0 Å². The molecule has 21 heavy (non-hydrogen) atoms. The maximum atomic E-state index is 13.0. The van der Waals surface area contributed by atoms with Crippen molar-refractivity contribution in [2.24, 2.45) is 5.41 Å². The molecule has 0 bridgehead atoms. The molecule has 2 rings (SSSR count). The minimum Gasteiger partial charge on any atom is -0.335 e. The summed E-state index contributed by atoms with van der Waals surface area (Å²) in [6.07, 6.45) is 1.81. The molecule has 1 aliphatic heterocycles. The Labute approximate surface area is 132 Å². The normalized spacial score (nSPS) is 17.8. The molecule has 1 fully saturated rings. The molecule has 1 heterocycles. The van der Waals surface area contributed by atoms with Gasteiger partial charge in [0.05, 0.1) is 0 Å². The van der Waals surface area contributed by atoms with Crippen molar-refractivity contribution in [1.29, 1.82) is 0 Å². The molecule has 0 aromatic heterocycles. The van der Waals surface area contributed by atoms with Gasteiger partial charge in [-0.3, -0.25) is 4.79 Å². The Hall–Kier alpha value is -1.06. The minimum atomic E-state index is -0.242. The topological polar surface area (TPSA) is 32.3 Å². The summed E-state index contributed by atoms with van der Waals surface area (Å²) in [6, 6.07) is 7.95. The minimum absolute atomic E-state index is 0.184. The third kappa shape index (κ3) is 3.98. The Morgan fingerprint density at radius 1 is 1.38 bits per heavy atom. The first kappa shape index (κ1) is 16.3. The Bertz CT molecular complexity index is 495. The highest BCUT2D eigenvalue weighted by Crippen LogP contribution is 2.32. The fraction of sp³-hybridized carbons (Fsp3) is 0.588. The van der Waals surface area contributed by atoms with Gasteiger partial charge in [-0.25, -0.2) is 0 Å². The number of benzene rings is 1. The molecule has 3 nitrogen and oxygen atoms in total. The van der Waals surface area contributed by atoms with Crippen molar-refractivity contribution in [3.63, 3.8) is 0 Å². The molecule has 0 aliphatic carbocycles. The van der Waals surface area contributed by atoms with Crippen LogP contribution in [0.5, 0.6) is 0 Å². The average Bonchev–Trinajstić information content (AvgIpc) is 2.44.